The minimum Gasteiger partial charge on any atom is -0.495 e. The molecule has 3 aromatic rings. The maximum Gasteiger partial charge on any atom is 0.261 e. The van der Waals surface area contributed by atoms with E-state index >= 15 is 0 Å². The molecule has 156 valence electrons. The Morgan fingerprint density at radius 3 is 2.20 bits per heavy atom. The van der Waals surface area contributed by atoms with Gasteiger partial charge in [-0.1, -0.05) is 29.8 Å². The highest BCUT2D eigenvalue weighted by Crippen LogP contribution is 2.30. The monoisotopic (exact) mass is 444 g/mol. The van der Waals surface area contributed by atoms with Crippen LogP contribution in [0.4, 0.5) is 11.4 Å². The van der Waals surface area contributed by atoms with Gasteiger partial charge in [0.2, 0.25) is 0 Å². The summed E-state index contributed by atoms with van der Waals surface area (Å²) >= 11 is 5.86. The van der Waals surface area contributed by atoms with Crippen LogP contribution in [0.25, 0.3) is 0 Å². The first-order chi connectivity index (χ1) is 14.2. The van der Waals surface area contributed by atoms with E-state index in [4.69, 9.17) is 16.3 Å². The Morgan fingerprint density at radius 1 is 0.967 bits per heavy atom. The molecule has 0 atom stereocenters. The molecule has 0 aliphatic carbocycles. The molecule has 2 N–H and O–H groups in total. The van der Waals surface area contributed by atoms with Crippen molar-refractivity contribution < 1.29 is 17.9 Å². The van der Waals surface area contributed by atoms with Crippen molar-refractivity contribution in [1.82, 2.24) is 0 Å². The van der Waals surface area contributed by atoms with E-state index in [-0.39, 0.29) is 10.6 Å². The van der Waals surface area contributed by atoms with Crippen LogP contribution in [0, 0.1) is 13.8 Å². The van der Waals surface area contributed by atoms with Crippen molar-refractivity contribution in [2.45, 2.75) is 18.7 Å². The van der Waals surface area contributed by atoms with E-state index in [1.165, 1.54) is 25.3 Å². The Balaban J connectivity index is 1.93. The number of methoxy groups -OCH3 is 1. The second kappa shape index (κ2) is 8.77. The third-order valence-electron chi connectivity index (χ3n) is 4.55. The Bertz CT molecular complexity index is 1170. The zero-order valence-corrected chi connectivity index (χ0v) is 18.3. The van der Waals surface area contributed by atoms with Crippen molar-refractivity contribution in [3.05, 3.63) is 82.4 Å². The lowest BCUT2D eigenvalue weighted by Gasteiger charge is -2.15. The molecule has 0 aliphatic rings. The van der Waals surface area contributed by atoms with Gasteiger partial charge < -0.3 is 10.1 Å². The molecule has 0 aromatic heterocycles. The highest BCUT2D eigenvalue weighted by atomic mass is 35.5. The van der Waals surface area contributed by atoms with Crippen LogP contribution in [0.1, 0.15) is 21.5 Å². The van der Waals surface area contributed by atoms with Gasteiger partial charge in [0.15, 0.2) is 0 Å². The lowest BCUT2D eigenvalue weighted by atomic mass is 10.1. The quantitative estimate of drug-likeness (QED) is 0.559. The highest BCUT2D eigenvalue weighted by Gasteiger charge is 2.20. The third kappa shape index (κ3) is 4.75. The van der Waals surface area contributed by atoms with Gasteiger partial charge in [0.1, 0.15) is 5.75 Å². The minimum absolute atomic E-state index is 0.00245. The molecule has 0 spiro atoms. The SMILES string of the molecule is COc1ccc(S(=O)(=O)Nc2c(C)cccc2C)cc1NC(=O)c1ccc(Cl)cc1. The molecule has 8 heteroatoms. The zero-order chi connectivity index (χ0) is 21.9. The number of rotatable bonds is 6. The molecule has 3 rings (SSSR count). The fourth-order valence-electron chi connectivity index (χ4n) is 2.92. The maximum absolute atomic E-state index is 13.0. The number of benzene rings is 3. The average molecular weight is 445 g/mol. The summed E-state index contributed by atoms with van der Waals surface area (Å²) in [5.41, 5.74) is 2.76. The summed E-state index contributed by atoms with van der Waals surface area (Å²) < 4.78 is 33.8. The number of anilines is 2. The predicted molar refractivity (Wildman–Crippen MR) is 119 cm³/mol. The second-order valence-corrected chi connectivity index (χ2v) is 8.81. The Labute approximate surface area is 180 Å². The van der Waals surface area contributed by atoms with E-state index in [2.05, 4.69) is 10.0 Å². The standard InChI is InChI=1S/C22H21ClN2O4S/c1-14-5-4-6-15(2)21(14)25-30(27,28)18-11-12-20(29-3)19(13-18)24-22(26)16-7-9-17(23)10-8-16/h4-13,25H,1-3H3,(H,24,26). The van der Waals surface area contributed by atoms with E-state index in [1.807, 2.05) is 32.0 Å². The van der Waals surface area contributed by atoms with Crippen LogP contribution in [0.5, 0.6) is 5.75 Å². The van der Waals surface area contributed by atoms with Crippen molar-refractivity contribution in [3.63, 3.8) is 0 Å². The molecule has 0 aliphatic heterocycles. The van der Waals surface area contributed by atoms with Crippen LogP contribution in [-0.4, -0.2) is 21.4 Å². The topological polar surface area (TPSA) is 84.5 Å². The second-order valence-electron chi connectivity index (χ2n) is 6.70. The van der Waals surface area contributed by atoms with Gasteiger partial charge in [-0.05, 0) is 67.4 Å². The molecule has 6 nitrogen and oxygen atoms in total. The number of hydrogen-bond acceptors (Lipinski definition) is 4. The number of halogens is 1. The van der Waals surface area contributed by atoms with Gasteiger partial charge in [0, 0.05) is 10.6 Å². The van der Waals surface area contributed by atoms with Gasteiger partial charge in [-0.15, -0.1) is 0 Å². The van der Waals surface area contributed by atoms with Crippen LogP contribution in [0.15, 0.2) is 65.6 Å². The molecule has 0 bridgehead atoms. The Hall–Kier alpha value is -3.03. The fraction of sp³-hybridized carbons (Fsp3) is 0.136. The number of sulfonamides is 1. The van der Waals surface area contributed by atoms with Crippen LogP contribution >= 0.6 is 11.6 Å². The van der Waals surface area contributed by atoms with Crippen LogP contribution in [0.2, 0.25) is 5.02 Å². The maximum atomic E-state index is 13.0. The molecule has 0 fully saturated rings. The fourth-order valence-corrected chi connectivity index (χ4v) is 4.27. The van der Waals surface area contributed by atoms with E-state index in [0.717, 1.165) is 11.1 Å². The van der Waals surface area contributed by atoms with Crippen molar-refractivity contribution >= 4 is 38.9 Å². The largest absolute Gasteiger partial charge is 0.495 e. The van der Waals surface area contributed by atoms with Crippen LogP contribution in [0.3, 0.4) is 0 Å². The van der Waals surface area contributed by atoms with Crippen molar-refractivity contribution in [2.75, 3.05) is 17.1 Å². The number of carbonyl (C=O) groups is 1. The summed E-state index contributed by atoms with van der Waals surface area (Å²) in [6.45, 7) is 3.66. The molecule has 1 amide bonds. The summed E-state index contributed by atoms with van der Waals surface area (Å²) in [6, 6.07) is 16.2. The van der Waals surface area contributed by atoms with Gasteiger partial charge in [-0.3, -0.25) is 9.52 Å². The summed E-state index contributed by atoms with van der Waals surface area (Å²) in [6.07, 6.45) is 0. The van der Waals surface area contributed by atoms with Gasteiger partial charge in [0.25, 0.3) is 15.9 Å². The normalized spacial score (nSPS) is 11.1. The number of amides is 1. The summed E-state index contributed by atoms with van der Waals surface area (Å²) in [5.74, 6) is -0.0782. The summed E-state index contributed by atoms with van der Waals surface area (Å²) in [4.78, 5) is 12.6. The van der Waals surface area contributed by atoms with Crippen LogP contribution in [-0.2, 0) is 10.0 Å². The number of aryl methyl sites for hydroxylation is 2. The van der Waals surface area contributed by atoms with Gasteiger partial charge in [-0.2, -0.15) is 0 Å². The molecular formula is C22H21ClN2O4S. The van der Waals surface area contributed by atoms with E-state index < -0.39 is 15.9 Å². The summed E-state index contributed by atoms with van der Waals surface area (Å²) in [7, 11) is -2.45. The minimum atomic E-state index is -3.89. The average Bonchev–Trinajstić information content (AvgIpc) is 2.71. The molecular weight excluding hydrogens is 424 g/mol. The third-order valence-corrected chi connectivity index (χ3v) is 6.15. The number of hydrogen-bond donors (Lipinski definition) is 2. The first-order valence-electron chi connectivity index (χ1n) is 9.05. The molecule has 0 saturated carbocycles. The van der Waals surface area contributed by atoms with Gasteiger partial charge in [-0.25, -0.2) is 8.42 Å². The zero-order valence-electron chi connectivity index (χ0n) is 16.7. The number of ether oxygens (including phenoxy) is 1. The molecule has 3 aromatic carbocycles. The van der Waals surface area contributed by atoms with Crippen molar-refractivity contribution in [1.29, 1.82) is 0 Å². The highest BCUT2D eigenvalue weighted by molar-refractivity contribution is 7.92. The predicted octanol–water partition coefficient (Wildman–Crippen LogP) is 5.02. The van der Waals surface area contributed by atoms with Gasteiger partial charge >= 0.3 is 0 Å². The van der Waals surface area contributed by atoms with Crippen molar-refractivity contribution in [3.8, 4) is 5.75 Å². The lowest BCUT2D eigenvalue weighted by molar-refractivity contribution is 0.102. The van der Waals surface area contributed by atoms with E-state index in [1.54, 1.807) is 24.3 Å². The van der Waals surface area contributed by atoms with E-state index in [9.17, 15) is 13.2 Å². The number of para-hydroxylation sites is 1. The molecule has 30 heavy (non-hydrogen) atoms. The lowest BCUT2D eigenvalue weighted by Crippen LogP contribution is -2.16. The van der Waals surface area contributed by atoms with Crippen molar-refractivity contribution in [2.24, 2.45) is 0 Å². The molecule has 0 radical (unpaired) electrons. The first kappa shape index (κ1) is 21.7. The number of nitrogens with one attached hydrogen (secondary N) is 2. The van der Waals surface area contributed by atoms with Crippen LogP contribution < -0.4 is 14.8 Å². The summed E-state index contributed by atoms with van der Waals surface area (Å²) in [5, 5.41) is 3.21. The molecule has 0 saturated heterocycles. The Morgan fingerprint density at radius 2 is 1.60 bits per heavy atom. The molecule has 0 unspecified atom stereocenters. The van der Waals surface area contributed by atoms with Gasteiger partial charge in [0.05, 0.1) is 23.4 Å². The smallest absolute Gasteiger partial charge is 0.261 e. The molecule has 0 heterocycles. The number of carbonyl (C=O) groups excluding carboxylic acids is 1. The van der Waals surface area contributed by atoms with E-state index in [0.29, 0.717) is 22.0 Å². The first-order valence-corrected chi connectivity index (χ1v) is 10.9. The Kier molecular flexibility index (Phi) is 6.34.